The summed E-state index contributed by atoms with van der Waals surface area (Å²) >= 11 is 0. The largest absolute Gasteiger partial charge is 0.417 e. The van der Waals surface area contributed by atoms with E-state index in [0.29, 0.717) is 12.1 Å². The fourth-order valence-corrected chi connectivity index (χ4v) is 8.12. The van der Waals surface area contributed by atoms with Crippen LogP contribution in [0, 0.1) is 0 Å². The van der Waals surface area contributed by atoms with Crippen molar-refractivity contribution in [2.45, 2.75) is 61.8 Å². The zero-order chi connectivity index (χ0) is 59.6. The van der Waals surface area contributed by atoms with Gasteiger partial charge in [-0.15, -0.1) is 0 Å². The Balaban J connectivity index is 1.95. The van der Waals surface area contributed by atoms with Gasteiger partial charge in [-0.05, 0) is 141 Å². The number of alkyl halides is 30. The van der Waals surface area contributed by atoms with Gasteiger partial charge in [0.05, 0.1) is 55.6 Å². The SMILES string of the molecule is Nc1ccc(C(F)(F)F)c(-c2cc(-c3cc(-c4cc(-c5cc(-c6cc(N)ccc6C(F)(F)F)c(C(F)(F)F)cc5C(F)(F)F)c(C(F)(F)F)cc4C(F)(F)F)c(C(F)(F)F)cc3C(F)(F)F)c(C(F)(F)F)cc2C(F)(F)F)c1. The first-order valence-electron chi connectivity index (χ1n) is 20.1. The number of nitrogens with two attached hydrogens (primary N) is 2. The van der Waals surface area contributed by atoms with E-state index >= 15 is 26.3 Å². The molecular formula is C46H18F30N2. The van der Waals surface area contributed by atoms with Gasteiger partial charge < -0.3 is 11.5 Å². The Morgan fingerprint density at radius 2 is 0.295 bits per heavy atom. The van der Waals surface area contributed by atoms with Gasteiger partial charge in [0.25, 0.3) is 0 Å². The number of benzene rings is 6. The molecule has 32 heteroatoms. The van der Waals surface area contributed by atoms with Crippen molar-refractivity contribution in [1.82, 2.24) is 0 Å². The van der Waals surface area contributed by atoms with Gasteiger partial charge in [-0.3, -0.25) is 0 Å². The fourth-order valence-electron chi connectivity index (χ4n) is 8.12. The number of rotatable bonds is 5. The van der Waals surface area contributed by atoms with Crippen molar-refractivity contribution in [3.05, 3.63) is 141 Å². The summed E-state index contributed by atoms with van der Waals surface area (Å²) in [5, 5.41) is 0. The van der Waals surface area contributed by atoms with Crippen molar-refractivity contribution < 1.29 is 132 Å². The van der Waals surface area contributed by atoms with Crippen LogP contribution in [-0.4, -0.2) is 0 Å². The lowest BCUT2D eigenvalue weighted by Crippen LogP contribution is -2.19. The highest BCUT2D eigenvalue weighted by Gasteiger charge is 2.50. The molecule has 0 aliphatic heterocycles. The molecule has 0 aliphatic rings. The summed E-state index contributed by atoms with van der Waals surface area (Å²) < 4.78 is 443. The molecule has 0 bridgehead atoms. The fraction of sp³-hybridized carbons (Fsp3) is 0.217. The van der Waals surface area contributed by atoms with E-state index in [0.717, 1.165) is 0 Å². The van der Waals surface area contributed by atoms with Crippen LogP contribution in [0.3, 0.4) is 0 Å². The van der Waals surface area contributed by atoms with Crippen LogP contribution in [0.25, 0.3) is 55.6 Å². The van der Waals surface area contributed by atoms with E-state index in [1.54, 1.807) is 0 Å². The van der Waals surface area contributed by atoms with Crippen LogP contribution in [0.1, 0.15) is 55.6 Å². The second-order valence-corrected chi connectivity index (χ2v) is 16.4. The van der Waals surface area contributed by atoms with E-state index in [2.05, 4.69) is 0 Å². The highest BCUT2D eigenvalue weighted by atomic mass is 19.4. The smallest absolute Gasteiger partial charge is 0.399 e. The molecule has 0 aromatic heterocycles. The highest BCUT2D eigenvalue weighted by molar-refractivity contribution is 5.90. The lowest BCUT2D eigenvalue weighted by Gasteiger charge is -2.27. The minimum absolute atomic E-state index is 0.0504. The van der Waals surface area contributed by atoms with Crippen LogP contribution in [0.15, 0.2) is 84.9 Å². The molecule has 0 unspecified atom stereocenters. The van der Waals surface area contributed by atoms with Gasteiger partial charge in [-0.1, -0.05) is 0 Å². The standard InChI is InChI=1S/C46H18F30N2/c47-37(48,49)27-3-1-15(77)5-17(27)19-7-21(31(41(59,60)61)11-29(19)39(53,54)55)23-9-25(35(45(71,72)73)13-33(23)43(65,66)67)26-10-24(34(44(68,69)70)14-36(26)46(74,75)76)22-8-20(18-6-16(78)2-4-28(18)38(50,51)52)30(40(56,57)58)12-32(22)42(62,63)64/h1-14H,77-78H2. The van der Waals surface area contributed by atoms with E-state index in [1.165, 1.54) is 0 Å². The van der Waals surface area contributed by atoms with Crippen LogP contribution < -0.4 is 11.5 Å². The summed E-state index contributed by atoms with van der Waals surface area (Å²) in [6, 6.07) is -8.68. The van der Waals surface area contributed by atoms with Crippen LogP contribution in [-0.2, 0) is 61.8 Å². The maximum atomic E-state index is 15.1. The van der Waals surface area contributed by atoms with Gasteiger partial charge in [0.1, 0.15) is 0 Å². The normalized spacial score (nSPS) is 13.9. The van der Waals surface area contributed by atoms with Crippen molar-refractivity contribution in [3.63, 3.8) is 0 Å². The number of hydrogen-bond donors (Lipinski definition) is 2. The minimum atomic E-state index is -6.69. The molecule has 422 valence electrons. The van der Waals surface area contributed by atoms with Gasteiger partial charge in [-0.25, -0.2) is 0 Å². The molecule has 6 aromatic carbocycles. The first-order chi connectivity index (χ1) is 34.8. The molecule has 0 atom stereocenters. The summed E-state index contributed by atoms with van der Waals surface area (Å²) in [7, 11) is 0. The summed E-state index contributed by atoms with van der Waals surface area (Å²) in [6.07, 6.45) is -64.1. The molecular weight excluding hydrogens is 1150 g/mol. The number of halogens is 30. The quantitative estimate of drug-likeness (QED) is 0.134. The van der Waals surface area contributed by atoms with Gasteiger partial charge in [0, 0.05) is 11.4 Å². The third-order valence-electron chi connectivity index (χ3n) is 11.2. The first-order valence-corrected chi connectivity index (χ1v) is 20.1. The molecule has 0 aliphatic carbocycles. The van der Waals surface area contributed by atoms with Crippen LogP contribution in [0.4, 0.5) is 143 Å². The maximum Gasteiger partial charge on any atom is 0.417 e. The van der Waals surface area contributed by atoms with Crippen LogP contribution in [0.2, 0.25) is 0 Å². The molecule has 6 rings (SSSR count). The molecule has 78 heavy (non-hydrogen) atoms. The molecule has 0 saturated heterocycles. The number of hydrogen-bond acceptors (Lipinski definition) is 2. The lowest BCUT2D eigenvalue weighted by atomic mass is 9.81. The van der Waals surface area contributed by atoms with E-state index < -0.39 is 233 Å². The van der Waals surface area contributed by atoms with Gasteiger partial charge >= 0.3 is 61.8 Å². The van der Waals surface area contributed by atoms with Crippen molar-refractivity contribution in [2.24, 2.45) is 0 Å². The lowest BCUT2D eigenvalue weighted by molar-refractivity contribution is -0.145. The average molecular weight is 1170 g/mol. The highest BCUT2D eigenvalue weighted by Crippen LogP contribution is 2.56. The Bertz CT molecular complexity index is 3090. The van der Waals surface area contributed by atoms with Crippen molar-refractivity contribution in [3.8, 4) is 55.6 Å². The zero-order valence-electron chi connectivity index (χ0n) is 36.6. The van der Waals surface area contributed by atoms with Crippen LogP contribution >= 0.6 is 0 Å². The Morgan fingerprint density at radius 1 is 0.167 bits per heavy atom. The summed E-state index contributed by atoms with van der Waals surface area (Å²) in [5.41, 5.74) is -44.9. The Hall–Kier alpha value is -7.18. The Labute approximate surface area is 412 Å². The van der Waals surface area contributed by atoms with Crippen LogP contribution in [0.5, 0.6) is 0 Å². The molecule has 0 radical (unpaired) electrons. The summed E-state index contributed by atoms with van der Waals surface area (Å²) in [4.78, 5) is 0. The summed E-state index contributed by atoms with van der Waals surface area (Å²) in [6.45, 7) is 0. The second-order valence-electron chi connectivity index (χ2n) is 16.4. The Morgan fingerprint density at radius 3 is 0.423 bits per heavy atom. The molecule has 0 heterocycles. The third-order valence-corrected chi connectivity index (χ3v) is 11.2. The maximum absolute atomic E-state index is 15.1. The van der Waals surface area contributed by atoms with E-state index in [1.807, 2.05) is 0 Å². The zero-order valence-corrected chi connectivity index (χ0v) is 36.6. The van der Waals surface area contributed by atoms with Gasteiger partial charge in [0.15, 0.2) is 0 Å². The molecule has 0 saturated carbocycles. The van der Waals surface area contributed by atoms with Gasteiger partial charge in [-0.2, -0.15) is 132 Å². The van der Waals surface area contributed by atoms with Crippen molar-refractivity contribution >= 4 is 11.4 Å². The molecule has 2 nitrogen and oxygen atoms in total. The van der Waals surface area contributed by atoms with Crippen molar-refractivity contribution in [2.75, 3.05) is 11.5 Å². The monoisotopic (exact) mass is 1170 g/mol. The predicted octanol–water partition coefficient (Wildman–Crippen LogP) is 19.4. The van der Waals surface area contributed by atoms with Crippen molar-refractivity contribution in [1.29, 1.82) is 0 Å². The summed E-state index contributed by atoms with van der Waals surface area (Å²) in [5.74, 6) is 0. The average Bonchev–Trinajstić information content (AvgIpc) is 3.23. The van der Waals surface area contributed by atoms with E-state index in [9.17, 15) is 105 Å². The van der Waals surface area contributed by atoms with E-state index in [4.69, 9.17) is 11.5 Å². The Kier molecular flexibility index (Phi) is 14.4. The minimum Gasteiger partial charge on any atom is -0.399 e. The van der Waals surface area contributed by atoms with Gasteiger partial charge in [0.2, 0.25) is 0 Å². The molecule has 0 spiro atoms. The molecule has 6 aromatic rings. The molecule has 0 amide bonds. The molecule has 4 N–H and O–H groups in total. The first kappa shape index (κ1) is 60.1. The third kappa shape index (κ3) is 11.9. The predicted molar refractivity (Wildman–Crippen MR) is 212 cm³/mol. The number of anilines is 2. The number of nitrogen functional groups attached to an aromatic ring is 2. The van der Waals surface area contributed by atoms with E-state index in [-0.39, 0.29) is 24.3 Å². The second kappa shape index (κ2) is 18.7. The molecule has 0 fully saturated rings. The topological polar surface area (TPSA) is 52.0 Å².